The average Bonchev–Trinajstić information content (AvgIpc) is 2.25. The van der Waals surface area contributed by atoms with E-state index in [0.29, 0.717) is 6.61 Å². The molecule has 0 spiro atoms. The van der Waals surface area contributed by atoms with Crippen LogP contribution in [0.4, 0.5) is 0 Å². The monoisotopic (exact) mass is 205 g/mol. The van der Waals surface area contributed by atoms with Crippen molar-refractivity contribution in [3.05, 3.63) is 42.5 Å². The van der Waals surface area contributed by atoms with Gasteiger partial charge in [0, 0.05) is 6.04 Å². The minimum absolute atomic E-state index is 0.265. The molecule has 0 aromatic heterocycles. The lowest BCUT2D eigenvalue weighted by molar-refractivity contribution is 0.363. The van der Waals surface area contributed by atoms with Gasteiger partial charge in [0.1, 0.15) is 12.4 Å². The van der Waals surface area contributed by atoms with Crippen molar-refractivity contribution in [2.45, 2.75) is 25.8 Å². The predicted molar refractivity (Wildman–Crippen MR) is 64.1 cm³/mol. The largest absolute Gasteiger partial charge is 0.490 e. The van der Waals surface area contributed by atoms with Crippen LogP contribution >= 0.6 is 0 Å². The summed E-state index contributed by atoms with van der Waals surface area (Å²) < 4.78 is 5.39. The number of aryl methyl sites for hydroxylation is 1. The van der Waals surface area contributed by atoms with Crippen molar-refractivity contribution in [2.75, 3.05) is 6.61 Å². The van der Waals surface area contributed by atoms with E-state index in [1.165, 1.54) is 5.56 Å². The van der Waals surface area contributed by atoms with Gasteiger partial charge in [-0.05, 0) is 37.5 Å². The normalized spacial score (nSPS) is 12.1. The quantitative estimate of drug-likeness (QED) is 0.724. The molecule has 0 aliphatic heterocycles. The van der Waals surface area contributed by atoms with Crippen LogP contribution in [0.15, 0.2) is 36.9 Å². The molecule has 0 heterocycles. The van der Waals surface area contributed by atoms with Crippen LogP contribution in [0.2, 0.25) is 0 Å². The van der Waals surface area contributed by atoms with Crippen molar-refractivity contribution in [1.29, 1.82) is 0 Å². The van der Waals surface area contributed by atoms with Crippen molar-refractivity contribution in [1.82, 2.24) is 0 Å². The maximum Gasteiger partial charge on any atom is 0.119 e. The third kappa shape index (κ3) is 4.66. The van der Waals surface area contributed by atoms with Crippen LogP contribution in [0.5, 0.6) is 5.75 Å². The van der Waals surface area contributed by atoms with E-state index in [1.54, 1.807) is 6.08 Å². The first-order valence-corrected chi connectivity index (χ1v) is 5.30. The lowest BCUT2D eigenvalue weighted by atomic mass is 10.1. The van der Waals surface area contributed by atoms with Gasteiger partial charge in [0.2, 0.25) is 0 Å². The first-order valence-electron chi connectivity index (χ1n) is 5.30. The fourth-order valence-electron chi connectivity index (χ4n) is 1.30. The molecule has 0 aliphatic carbocycles. The molecule has 15 heavy (non-hydrogen) atoms. The molecule has 0 saturated heterocycles. The smallest absolute Gasteiger partial charge is 0.119 e. The Hall–Kier alpha value is -1.28. The van der Waals surface area contributed by atoms with E-state index in [4.69, 9.17) is 10.5 Å². The number of benzene rings is 1. The van der Waals surface area contributed by atoms with Crippen molar-refractivity contribution in [3.8, 4) is 5.75 Å². The van der Waals surface area contributed by atoms with Crippen LogP contribution < -0.4 is 10.5 Å². The SMILES string of the molecule is C=CCOc1ccc(CCC(C)N)cc1. The minimum atomic E-state index is 0.265. The first kappa shape index (κ1) is 11.8. The second-order valence-corrected chi connectivity index (χ2v) is 3.76. The van der Waals surface area contributed by atoms with Gasteiger partial charge in [-0.3, -0.25) is 0 Å². The second kappa shape index (κ2) is 6.25. The van der Waals surface area contributed by atoms with E-state index < -0.39 is 0 Å². The van der Waals surface area contributed by atoms with Gasteiger partial charge in [-0.25, -0.2) is 0 Å². The number of hydrogen-bond acceptors (Lipinski definition) is 2. The predicted octanol–water partition coefficient (Wildman–Crippen LogP) is 2.53. The van der Waals surface area contributed by atoms with Crippen LogP contribution in [0.3, 0.4) is 0 Å². The third-order valence-corrected chi connectivity index (χ3v) is 2.18. The van der Waals surface area contributed by atoms with E-state index in [2.05, 4.69) is 18.7 Å². The Bertz CT molecular complexity index is 290. The van der Waals surface area contributed by atoms with Crippen molar-refractivity contribution < 1.29 is 4.74 Å². The van der Waals surface area contributed by atoms with Gasteiger partial charge in [-0.2, -0.15) is 0 Å². The van der Waals surface area contributed by atoms with Gasteiger partial charge in [0.05, 0.1) is 0 Å². The molecule has 0 saturated carbocycles. The average molecular weight is 205 g/mol. The van der Waals surface area contributed by atoms with Crippen molar-refractivity contribution in [2.24, 2.45) is 5.73 Å². The topological polar surface area (TPSA) is 35.2 Å². The highest BCUT2D eigenvalue weighted by atomic mass is 16.5. The molecule has 0 aliphatic rings. The standard InChI is InChI=1S/C13H19NO/c1-3-10-15-13-8-6-12(7-9-13)5-4-11(2)14/h3,6-9,11H,1,4-5,10,14H2,2H3. The Kier molecular flexibility index (Phi) is 4.91. The van der Waals surface area contributed by atoms with E-state index in [1.807, 2.05) is 19.1 Å². The molecule has 0 fully saturated rings. The molecule has 1 atom stereocenters. The molecule has 1 rings (SSSR count). The lowest BCUT2D eigenvalue weighted by Gasteiger charge is -2.06. The fraction of sp³-hybridized carbons (Fsp3) is 0.385. The molecular formula is C13H19NO. The molecular weight excluding hydrogens is 186 g/mol. The van der Waals surface area contributed by atoms with Gasteiger partial charge in [-0.15, -0.1) is 0 Å². The number of nitrogens with two attached hydrogens (primary N) is 1. The number of rotatable bonds is 6. The van der Waals surface area contributed by atoms with Crippen LogP contribution in [0.25, 0.3) is 0 Å². The van der Waals surface area contributed by atoms with E-state index in [9.17, 15) is 0 Å². The molecule has 82 valence electrons. The maximum absolute atomic E-state index is 5.70. The first-order chi connectivity index (χ1) is 7.22. The molecule has 1 aromatic carbocycles. The maximum atomic E-state index is 5.70. The van der Waals surface area contributed by atoms with E-state index in [-0.39, 0.29) is 6.04 Å². The zero-order valence-electron chi connectivity index (χ0n) is 9.28. The summed E-state index contributed by atoms with van der Waals surface area (Å²) in [5.74, 6) is 0.888. The van der Waals surface area contributed by atoms with Crippen LogP contribution in [-0.2, 0) is 6.42 Å². The van der Waals surface area contributed by atoms with Gasteiger partial charge in [0.25, 0.3) is 0 Å². The molecule has 0 amide bonds. The van der Waals surface area contributed by atoms with Gasteiger partial charge in [0.15, 0.2) is 0 Å². The molecule has 0 bridgehead atoms. The molecule has 1 aromatic rings. The summed E-state index contributed by atoms with van der Waals surface area (Å²) in [4.78, 5) is 0. The van der Waals surface area contributed by atoms with Crippen molar-refractivity contribution in [3.63, 3.8) is 0 Å². The molecule has 2 N–H and O–H groups in total. The van der Waals surface area contributed by atoms with Crippen molar-refractivity contribution >= 4 is 0 Å². The highest BCUT2D eigenvalue weighted by Gasteiger charge is 1.97. The Morgan fingerprint density at radius 2 is 2.07 bits per heavy atom. The van der Waals surface area contributed by atoms with Gasteiger partial charge < -0.3 is 10.5 Å². The Labute approximate surface area is 91.7 Å². The summed E-state index contributed by atoms with van der Waals surface area (Å²) >= 11 is 0. The number of hydrogen-bond donors (Lipinski definition) is 1. The number of ether oxygens (including phenoxy) is 1. The Morgan fingerprint density at radius 1 is 1.40 bits per heavy atom. The zero-order valence-corrected chi connectivity index (χ0v) is 9.28. The minimum Gasteiger partial charge on any atom is -0.490 e. The summed E-state index contributed by atoms with van der Waals surface area (Å²) in [5.41, 5.74) is 7.00. The Morgan fingerprint density at radius 3 is 2.60 bits per heavy atom. The summed E-state index contributed by atoms with van der Waals surface area (Å²) in [6, 6.07) is 8.41. The fourth-order valence-corrected chi connectivity index (χ4v) is 1.30. The van der Waals surface area contributed by atoms with Crippen LogP contribution in [0, 0.1) is 0 Å². The summed E-state index contributed by atoms with van der Waals surface area (Å²) in [6.07, 6.45) is 3.79. The molecule has 0 radical (unpaired) electrons. The molecule has 2 heteroatoms. The second-order valence-electron chi connectivity index (χ2n) is 3.76. The molecule has 2 nitrogen and oxygen atoms in total. The van der Waals surface area contributed by atoms with E-state index >= 15 is 0 Å². The lowest BCUT2D eigenvalue weighted by Crippen LogP contribution is -2.15. The zero-order chi connectivity index (χ0) is 11.1. The summed E-state index contributed by atoms with van der Waals surface area (Å²) in [7, 11) is 0. The van der Waals surface area contributed by atoms with Crippen LogP contribution in [0.1, 0.15) is 18.9 Å². The third-order valence-electron chi connectivity index (χ3n) is 2.18. The van der Waals surface area contributed by atoms with E-state index in [0.717, 1.165) is 18.6 Å². The highest BCUT2D eigenvalue weighted by molar-refractivity contribution is 5.27. The van der Waals surface area contributed by atoms with Gasteiger partial charge >= 0.3 is 0 Å². The van der Waals surface area contributed by atoms with Crippen LogP contribution in [-0.4, -0.2) is 12.6 Å². The summed E-state index contributed by atoms with van der Waals surface area (Å²) in [6.45, 7) is 6.19. The highest BCUT2D eigenvalue weighted by Crippen LogP contribution is 2.13. The molecule has 1 unspecified atom stereocenters. The van der Waals surface area contributed by atoms with Gasteiger partial charge in [-0.1, -0.05) is 24.8 Å². The Balaban J connectivity index is 2.45. The summed E-state index contributed by atoms with van der Waals surface area (Å²) in [5, 5.41) is 0.